The Morgan fingerprint density at radius 3 is 2.06 bits per heavy atom. The molecule has 7 aliphatic rings. The molecule has 5 aromatic rings. The summed E-state index contributed by atoms with van der Waals surface area (Å²) in [5.74, 6) is 2.44. The van der Waals surface area contributed by atoms with Gasteiger partial charge in [0.1, 0.15) is 0 Å². The highest BCUT2D eigenvalue weighted by molar-refractivity contribution is 7.33. The van der Waals surface area contributed by atoms with Crippen LogP contribution in [0.15, 0.2) is 66.7 Å². The van der Waals surface area contributed by atoms with Crippen molar-refractivity contribution in [2.75, 3.05) is 16.3 Å². The molecule has 1 aromatic heterocycles. The van der Waals surface area contributed by atoms with Crippen LogP contribution in [0.4, 0.5) is 28.4 Å². The standard InChI is InChI=1S/C49H55BN2S/c1-28(2)33-20-32-15-16-51-40-23-36(49-25-29-17-30(26-49)19-31(18-29)27-49)24-41-43(40)50(39(21-33)44(32)51)46-45(38-22-35(48(6,7)8)11-14-42(38)53-46)52(41)37-12-9-34(10-13-37)47(3,4)5/h9-14,20-24,28-31H,15-19,25-27H2,1-8H3/i15D2,16D2. The van der Waals surface area contributed by atoms with E-state index in [0.717, 1.165) is 57.0 Å². The van der Waals surface area contributed by atoms with Gasteiger partial charge in [-0.3, -0.25) is 0 Å². The van der Waals surface area contributed by atoms with Crippen molar-refractivity contribution in [3.8, 4) is 0 Å². The maximum atomic E-state index is 9.79. The number of rotatable bonds is 3. The zero-order valence-electron chi connectivity index (χ0n) is 36.8. The summed E-state index contributed by atoms with van der Waals surface area (Å²) in [5.41, 5.74) is 12.9. The zero-order chi connectivity index (χ0) is 39.9. The number of nitrogens with zero attached hydrogens (tertiary/aromatic N) is 2. The Balaban J connectivity index is 1.27. The van der Waals surface area contributed by atoms with E-state index in [9.17, 15) is 5.48 Å². The van der Waals surface area contributed by atoms with Crippen molar-refractivity contribution in [3.63, 3.8) is 0 Å². The molecule has 0 N–H and O–H groups in total. The second kappa shape index (κ2) is 10.8. The van der Waals surface area contributed by atoms with Crippen molar-refractivity contribution in [2.24, 2.45) is 17.8 Å². The largest absolute Gasteiger partial charge is 0.342 e. The van der Waals surface area contributed by atoms with Crippen LogP contribution in [-0.4, -0.2) is 13.2 Å². The van der Waals surface area contributed by atoms with Crippen LogP contribution in [0.5, 0.6) is 0 Å². The molecule has 2 nitrogen and oxygen atoms in total. The first-order valence-electron chi connectivity index (χ1n) is 22.4. The summed E-state index contributed by atoms with van der Waals surface area (Å²) < 4.78 is 41.3. The molecule has 0 amide bonds. The Kier molecular flexibility index (Phi) is 5.90. The predicted molar refractivity (Wildman–Crippen MR) is 230 cm³/mol. The lowest BCUT2D eigenvalue weighted by molar-refractivity contribution is -0.00514. The Bertz CT molecular complexity index is 2500. The van der Waals surface area contributed by atoms with E-state index < -0.39 is 12.9 Å². The number of anilines is 5. The highest BCUT2D eigenvalue weighted by Crippen LogP contribution is 2.62. The Labute approximate surface area is 327 Å². The fourth-order valence-corrected chi connectivity index (χ4v) is 13.2. The van der Waals surface area contributed by atoms with Gasteiger partial charge in [0, 0.05) is 46.9 Å². The van der Waals surface area contributed by atoms with E-state index in [2.05, 4.69) is 121 Å². The summed E-state index contributed by atoms with van der Waals surface area (Å²) in [5, 5.41) is 1.26. The molecule has 0 unspecified atom stereocenters. The minimum Gasteiger partial charge on any atom is -0.342 e. The minimum atomic E-state index is -2.28. The third-order valence-electron chi connectivity index (χ3n) is 14.3. The highest BCUT2D eigenvalue weighted by Gasteiger charge is 2.53. The first kappa shape index (κ1) is 28.9. The molecule has 4 aliphatic carbocycles. The van der Waals surface area contributed by atoms with Gasteiger partial charge < -0.3 is 9.80 Å². The highest BCUT2D eigenvalue weighted by atomic mass is 32.1. The zero-order valence-corrected chi connectivity index (χ0v) is 33.6. The smallest absolute Gasteiger partial charge is 0.264 e. The summed E-state index contributed by atoms with van der Waals surface area (Å²) in [6.07, 6.45) is 5.48. The first-order valence-corrected chi connectivity index (χ1v) is 21.2. The van der Waals surface area contributed by atoms with Gasteiger partial charge in [-0.25, -0.2) is 0 Å². The summed E-state index contributed by atoms with van der Waals surface area (Å²) in [4.78, 5) is 4.38. The van der Waals surface area contributed by atoms with Gasteiger partial charge in [-0.1, -0.05) is 85.7 Å². The predicted octanol–water partition coefficient (Wildman–Crippen LogP) is 11.4. The molecule has 4 aromatic carbocycles. The number of thiophene rings is 1. The van der Waals surface area contributed by atoms with Crippen molar-refractivity contribution in [1.29, 1.82) is 0 Å². The summed E-state index contributed by atoms with van der Waals surface area (Å²) in [7, 11) is 0. The molecule has 4 bridgehead atoms. The Hall–Kier alpha value is -3.50. The number of aryl methyl sites for hydroxylation is 1. The van der Waals surface area contributed by atoms with Gasteiger partial charge in [-0.15, -0.1) is 11.3 Å². The van der Waals surface area contributed by atoms with Gasteiger partial charge in [0.2, 0.25) is 0 Å². The Morgan fingerprint density at radius 1 is 0.774 bits per heavy atom. The van der Waals surface area contributed by atoms with Gasteiger partial charge in [-0.05, 0) is 160 Å². The first-order chi connectivity index (χ1) is 26.8. The summed E-state index contributed by atoms with van der Waals surface area (Å²) >= 11 is 1.87. The monoisotopic (exact) mass is 718 g/mol. The van der Waals surface area contributed by atoms with Gasteiger partial charge in [-0.2, -0.15) is 0 Å². The molecule has 0 saturated heterocycles. The van der Waals surface area contributed by atoms with Gasteiger partial charge in [0.05, 0.1) is 8.43 Å². The van der Waals surface area contributed by atoms with Gasteiger partial charge >= 0.3 is 0 Å². The van der Waals surface area contributed by atoms with E-state index in [1.807, 2.05) is 22.3 Å². The molecule has 270 valence electrons. The number of hydrogen-bond donors (Lipinski definition) is 0. The topological polar surface area (TPSA) is 6.48 Å². The summed E-state index contributed by atoms with van der Waals surface area (Å²) in [6, 6.07) is 25.5. The van der Waals surface area contributed by atoms with E-state index >= 15 is 0 Å². The van der Waals surface area contributed by atoms with Crippen molar-refractivity contribution < 1.29 is 5.48 Å². The molecule has 3 aliphatic heterocycles. The van der Waals surface area contributed by atoms with Crippen LogP contribution in [-0.2, 0) is 22.6 Å². The maximum absolute atomic E-state index is 9.79. The van der Waals surface area contributed by atoms with Gasteiger partial charge in [0.25, 0.3) is 6.71 Å². The molecule has 53 heavy (non-hydrogen) atoms. The van der Waals surface area contributed by atoms with Crippen LogP contribution in [0, 0.1) is 17.8 Å². The number of fused-ring (bicyclic) bond motifs is 6. The molecule has 4 heteroatoms. The van der Waals surface area contributed by atoms with Crippen LogP contribution < -0.4 is 25.5 Å². The van der Waals surface area contributed by atoms with Crippen molar-refractivity contribution in [3.05, 3.63) is 94.5 Å². The number of benzene rings is 4. The van der Waals surface area contributed by atoms with Crippen LogP contribution in [0.1, 0.15) is 133 Å². The third kappa shape index (κ3) is 4.69. The molecular formula is C49H55BN2S. The average Bonchev–Trinajstić information content (AvgIpc) is 3.58. The SMILES string of the molecule is [2H]C1([2H])c2cc(C(C)C)cc3c2N(c2cc(C45CC6CC(CC(C6)C4)C5)cc4c2B3c2sc3ccc(C(C)(C)C)cc3c2N4c2ccc(C(C)(C)C)cc2)C1([2H])[2H]. The average molecular weight is 719 g/mol. The minimum absolute atomic E-state index is 0.0147. The quantitative estimate of drug-likeness (QED) is 0.168. The lowest BCUT2D eigenvalue weighted by atomic mass is 9.35. The van der Waals surface area contributed by atoms with E-state index in [1.165, 1.54) is 75.8 Å². The van der Waals surface area contributed by atoms with Crippen LogP contribution in [0.2, 0.25) is 0 Å². The molecule has 0 radical (unpaired) electrons. The molecule has 4 heterocycles. The second-order valence-corrected chi connectivity index (χ2v) is 21.3. The maximum Gasteiger partial charge on any atom is 0.264 e. The van der Waals surface area contributed by atoms with Crippen molar-refractivity contribution >= 4 is 72.3 Å². The Morgan fingerprint density at radius 2 is 1.42 bits per heavy atom. The van der Waals surface area contributed by atoms with E-state index in [4.69, 9.17) is 0 Å². The lowest BCUT2D eigenvalue weighted by Crippen LogP contribution is -2.61. The molecular weight excluding hydrogens is 659 g/mol. The van der Waals surface area contributed by atoms with Crippen molar-refractivity contribution in [1.82, 2.24) is 0 Å². The van der Waals surface area contributed by atoms with Crippen molar-refractivity contribution in [2.45, 2.75) is 122 Å². The van der Waals surface area contributed by atoms with Crippen LogP contribution >= 0.6 is 11.3 Å². The number of hydrogen-bond acceptors (Lipinski definition) is 3. The molecule has 4 fully saturated rings. The van der Waals surface area contributed by atoms with Gasteiger partial charge in [0.15, 0.2) is 0 Å². The second-order valence-electron chi connectivity index (χ2n) is 20.2. The third-order valence-corrected chi connectivity index (χ3v) is 15.5. The fraction of sp³-hybridized carbons (Fsp3) is 0.469. The summed E-state index contributed by atoms with van der Waals surface area (Å²) in [6.45, 7) is 15.6. The van der Waals surface area contributed by atoms with E-state index in [1.54, 1.807) is 0 Å². The van der Waals surface area contributed by atoms with E-state index in [-0.39, 0.29) is 28.9 Å². The lowest BCUT2D eigenvalue weighted by Gasteiger charge is -2.57. The van der Waals surface area contributed by atoms with E-state index in [0.29, 0.717) is 5.56 Å². The molecule has 0 spiro atoms. The molecule has 4 saturated carbocycles. The normalized spacial score (nSPS) is 28.1. The van der Waals surface area contributed by atoms with Crippen LogP contribution in [0.3, 0.4) is 0 Å². The molecule has 0 atom stereocenters. The molecule has 12 rings (SSSR count). The fourth-order valence-electron chi connectivity index (χ4n) is 11.9. The van der Waals surface area contributed by atoms with Crippen LogP contribution in [0.25, 0.3) is 10.1 Å².